The van der Waals surface area contributed by atoms with Crippen LogP contribution in [-0.2, 0) is 11.2 Å². The Bertz CT molecular complexity index is 795. The van der Waals surface area contributed by atoms with Crippen LogP contribution in [0.1, 0.15) is 57.8 Å². The largest absolute Gasteiger partial charge is 0.497 e. The smallest absolute Gasteiger partial charge is 0.131 e. The van der Waals surface area contributed by atoms with E-state index in [1.807, 2.05) is 0 Å². The summed E-state index contributed by atoms with van der Waals surface area (Å²) in [6.45, 7) is 9.69. The summed E-state index contributed by atoms with van der Waals surface area (Å²) in [5, 5.41) is 0. The molecule has 3 rings (SSSR count). The second kappa shape index (κ2) is 8.02. The Balaban J connectivity index is 2.16. The minimum atomic E-state index is -0.234. The maximum absolute atomic E-state index is 14.7. The van der Waals surface area contributed by atoms with Crippen molar-refractivity contribution in [2.75, 3.05) is 13.7 Å². The fourth-order valence-corrected chi connectivity index (χ4v) is 4.11. The zero-order chi connectivity index (χ0) is 19.6. The van der Waals surface area contributed by atoms with Crippen molar-refractivity contribution in [3.8, 4) is 16.9 Å². The Morgan fingerprint density at radius 3 is 2.59 bits per heavy atom. The molecule has 1 atom stereocenters. The van der Waals surface area contributed by atoms with Crippen LogP contribution in [0.5, 0.6) is 5.75 Å². The Morgan fingerprint density at radius 1 is 1.15 bits per heavy atom. The Morgan fingerprint density at radius 2 is 1.93 bits per heavy atom. The molecule has 1 fully saturated rings. The molecule has 1 aliphatic rings. The van der Waals surface area contributed by atoms with Crippen LogP contribution in [0.25, 0.3) is 11.1 Å². The second-order valence-electron chi connectivity index (χ2n) is 8.71. The van der Waals surface area contributed by atoms with Crippen LogP contribution >= 0.6 is 0 Å². The standard InChI is InChI=1S/C24H31FO2/c1-16(2)13-17-7-9-19(20-15-18(26-5)8-10-22(20)25)21(14-17)23-24(3,4)11-6-12-27-23/h7-10,14-16,23H,6,11-13H2,1-5H3. The van der Waals surface area contributed by atoms with Crippen molar-refractivity contribution < 1.29 is 13.9 Å². The van der Waals surface area contributed by atoms with E-state index in [2.05, 4.69) is 45.9 Å². The normalized spacial score (nSPS) is 19.3. The van der Waals surface area contributed by atoms with E-state index in [1.54, 1.807) is 19.2 Å². The molecule has 0 saturated carbocycles. The van der Waals surface area contributed by atoms with Crippen molar-refractivity contribution in [2.24, 2.45) is 11.3 Å². The summed E-state index contributed by atoms with van der Waals surface area (Å²) < 4.78 is 26.3. The van der Waals surface area contributed by atoms with Gasteiger partial charge in [-0.1, -0.05) is 45.9 Å². The molecule has 2 nitrogen and oxygen atoms in total. The molecule has 0 amide bonds. The van der Waals surface area contributed by atoms with Gasteiger partial charge in [-0.25, -0.2) is 4.39 Å². The van der Waals surface area contributed by atoms with Crippen molar-refractivity contribution in [1.82, 2.24) is 0 Å². The van der Waals surface area contributed by atoms with Crippen LogP contribution in [0.4, 0.5) is 4.39 Å². The number of benzene rings is 2. The quantitative estimate of drug-likeness (QED) is 0.592. The molecule has 1 aliphatic heterocycles. The van der Waals surface area contributed by atoms with E-state index in [1.165, 1.54) is 11.6 Å². The average molecular weight is 371 g/mol. The molecule has 2 aromatic rings. The van der Waals surface area contributed by atoms with E-state index in [4.69, 9.17) is 9.47 Å². The van der Waals surface area contributed by atoms with Gasteiger partial charge in [-0.3, -0.25) is 0 Å². The van der Waals surface area contributed by atoms with Gasteiger partial charge in [0.2, 0.25) is 0 Å². The second-order valence-corrected chi connectivity index (χ2v) is 8.71. The fourth-order valence-electron chi connectivity index (χ4n) is 4.11. The van der Waals surface area contributed by atoms with Gasteiger partial charge in [0, 0.05) is 12.2 Å². The van der Waals surface area contributed by atoms with Gasteiger partial charge in [-0.05, 0) is 65.5 Å². The van der Waals surface area contributed by atoms with E-state index < -0.39 is 0 Å². The van der Waals surface area contributed by atoms with Crippen LogP contribution < -0.4 is 4.74 Å². The minimum absolute atomic E-state index is 0.0127. The van der Waals surface area contributed by atoms with Gasteiger partial charge in [0.1, 0.15) is 11.6 Å². The predicted octanol–water partition coefficient (Wildman–Crippen LogP) is 6.58. The number of halogens is 1. The summed E-state index contributed by atoms with van der Waals surface area (Å²) in [4.78, 5) is 0. The van der Waals surface area contributed by atoms with Crippen molar-refractivity contribution >= 4 is 0 Å². The highest BCUT2D eigenvalue weighted by atomic mass is 19.1. The average Bonchev–Trinajstić information content (AvgIpc) is 2.61. The summed E-state index contributed by atoms with van der Waals surface area (Å²) in [5.41, 5.74) is 3.85. The predicted molar refractivity (Wildman–Crippen MR) is 109 cm³/mol. The van der Waals surface area contributed by atoms with Gasteiger partial charge in [-0.2, -0.15) is 0 Å². The Hall–Kier alpha value is -1.87. The molecule has 0 spiro atoms. The Kier molecular flexibility index (Phi) is 5.90. The lowest BCUT2D eigenvalue weighted by Gasteiger charge is -2.40. The van der Waals surface area contributed by atoms with Crippen LogP contribution in [0.2, 0.25) is 0 Å². The zero-order valence-corrected chi connectivity index (χ0v) is 17.1. The maximum Gasteiger partial charge on any atom is 0.131 e. The SMILES string of the molecule is COc1ccc(F)c(-c2ccc(CC(C)C)cc2C2OCCCC2(C)C)c1. The van der Waals surface area contributed by atoms with Crippen molar-refractivity contribution in [2.45, 2.75) is 53.1 Å². The summed E-state index contributed by atoms with van der Waals surface area (Å²) in [6.07, 6.45) is 3.13. The van der Waals surface area contributed by atoms with E-state index in [0.29, 0.717) is 17.2 Å². The maximum atomic E-state index is 14.7. The first-order valence-corrected chi connectivity index (χ1v) is 9.90. The lowest BCUT2D eigenvalue weighted by molar-refractivity contribution is -0.0697. The first-order chi connectivity index (χ1) is 12.8. The van der Waals surface area contributed by atoms with Gasteiger partial charge >= 0.3 is 0 Å². The molecule has 0 radical (unpaired) electrons. The highest BCUT2D eigenvalue weighted by molar-refractivity contribution is 5.70. The van der Waals surface area contributed by atoms with Crippen molar-refractivity contribution in [1.29, 1.82) is 0 Å². The van der Waals surface area contributed by atoms with Gasteiger partial charge in [0.25, 0.3) is 0 Å². The van der Waals surface area contributed by atoms with Gasteiger partial charge < -0.3 is 9.47 Å². The number of ether oxygens (including phenoxy) is 2. The van der Waals surface area contributed by atoms with Gasteiger partial charge in [0.15, 0.2) is 0 Å². The van der Waals surface area contributed by atoms with Gasteiger partial charge in [-0.15, -0.1) is 0 Å². The van der Waals surface area contributed by atoms with E-state index in [9.17, 15) is 4.39 Å². The number of hydrogen-bond donors (Lipinski definition) is 0. The molecular weight excluding hydrogens is 339 g/mol. The molecule has 1 unspecified atom stereocenters. The lowest BCUT2D eigenvalue weighted by atomic mass is 9.75. The first kappa shape index (κ1) is 19.9. The van der Waals surface area contributed by atoms with Crippen LogP contribution in [0, 0.1) is 17.2 Å². The third-order valence-electron chi connectivity index (χ3n) is 5.47. The number of hydrogen-bond acceptors (Lipinski definition) is 2. The van der Waals surface area contributed by atoms with E-state index in [-0.39, 0.29) is 17.3 Å². The van der Waals surface area contributed by atoms with Crippen molar-refractivity contribution in [3.63, 3.8) is 0 Å². The summed E-state index contributed by atoms with van der Waals surface area (Å²) in [7, 11) is 1.61. The summed E-state index contributed by atoms with van der Waals surface area (Å²) >= 11 is 0. The molecule has 27 heavy (non-hydrogen) atoms. The third-order valence-corrected chi connectivity index (χ3v) is 5.47. The molecule has 0 aromatic heterocycles. The van der Waals surface area contributed by atoms with Gasteiger partial charge in [0.05, 0.1) is 13.2 Å². The Labute approximate surface area is 162 Å². The lowest BCUT2D eigenvalue weighted by Crippen LogP contribution is -2.30. The zero-order valence-electron chi connectivity index (χ0n) is 17.1. The van der Waals surface area contributed by atoms with Crippen LogP contribution in [0.3, 0.4) is 0 Å². The minimum Gasteiger partial charge on any atom is -0.497 e. The van der Waals surface area contributed by atoms with Crippen molar-refractivity contribution in [3.05, 3.63) is 53.3 Å². The molecule has 2 aromatic carbocycles. The molecule has 3 heteroatoms. The van der Waals surface area contributed by atoms with E-state index >= 15 is 0 Å². The molecule has 0 bridgehead atoms. The molecular formula is C24H31FO2. The summed E-state index contributed by atoms with van der Waals surface area (Å²) in [5.74, 6) is 0.993. The molecule has 1 heterocycles. The topological polar surface area (TPSA) is 18.5 Å². The highest BCUT2D eigenvalue weighted by Crippen LogP contribution is 2.47. The first-order valence-electron chi connectivity index (χ1n) is 9.90. The van der Waals surface area contributed by atoms with E-state index in [0.717, 1.165) is 37.0 Å². The van der Waals surface area contributed by atoms with Crippen LogP contribution in [-0.4, -0.2) is 13.7 Å². The molecule has 0 N–H and O–H groups in total. The number of rotatable bonds is 5. The van der Waals surface area contributed by atoms with Crippen LogP contribution in [0.15, 0.2) is 36.4 Å². The monoisotopic (exact) mass is 370 g/mol. The summed E-state index contributed by atoms with van der Waals surface area (Å²) in [6, 6.07) is 11.3. The fraction of sp³-hybridized carbons (Fsp3) is 0.500. The molecule has 1 saturated heterocycles. The number of methoxy groups -OCH3 is 1. The molecule has 0 aliphatic carbocycles. The third kappa shape index (κ3) is 4.35. The molecule has 146 valence electrons. The highest BCUT2D eigenvalue weighted by Gasteiger charge is 2.36.